The van der Waals surface area contributed by atoms with E-state index in [4.69, 9.17) is 0 Å². The predicted octanol–water partition coefficient (Wildman–Crippen LogP) is 4.37. The van der Waals surface area contributed by atoms with Crippen LogP contribution in [-0.2, 0) is 12.8 Å². The number of carbonyl (C=O) groups excluding carboxylic acids is 1. The number of urea groups is 1. The van der Waals surface area contributed by atoms with Gasteiger partial charge in [-0.1, -0.05) is 18.2 Å². The molecule has 2 aromatic heterocycles. The fourth-order valence-corrected chi connectivity index (χ4v) is 4.84. The van der Waals surface area contributed by atoms with E-state index in [0.717, 1.165) is 12.8 Å². The van der Waals surface area contributed by atoms with E-state index in [-0.39, 0.29) is 18.1 Å². The molecule has 0 saturated heterocycles. The molecule has 0 aliphatic rings. The highest BCUT2D eigenvalue weighted by Gasteiger charge is 2.16. The third-order valence-electron chi connectivity index (χ3n) is 4.74. The normalized spacial score (nSPS) is 13.6. The Balaban J connectivity index is 1.52. The molecule has 6 heteroatoms. The average molecular weight is 402 g/mol. The lowest BCUT2D eigenvalue weighted by Gasteiger charge is -2.25. The summed E-state index contributed by atoms with van der Waals surface area (Å²) in [6.07, 6.45) is 1.77. The van der Waals surface area contributed by atoms with Crippen LogP contribution in [0.4, 0.5) is 4.79 Å². The number of nitrogens with zero attached hydrogens (tertiary/aromatic N) is 1. The van der Waals surface area contributed by atoms with E-state index in [1.165, 1.54) is 21.2 Å². The molecule has 2 atom stereocenters. The molecule has 0 aliphatic carbocycles. The average Bonchev–Trinajstić information content (AvgIpc) is 3.28. The Morgan fingerprint density at radius 2 is 1.96 bits per heavy atom. The lowest BCUT2D eigenvalue weighted by Crippen LogP contribution is -2.47. The lowest BCUT2D eigenvalue weighted by molar-refractivity contribution is 0.229. The van der Waals surface area contributed by atoms with Gasteiger partial charge in [0.2, 0.25) is 0 Å². The number of thiophene rings is 2. The summed E-state index contributed by atoms with van der Waals surface area (Å²) in [6, 6.07) is 10.9. The van der Waals surface area contributed by atoms with Crippen LogP contribution >= 0.6 is 22.7 Å². The molecule has 144 valence electrons. The molecule has 0 radical (unpaired) electrons. The fraction of sp³-hybridized carbons (Fsp3) is 0.381. The summed E-state index contributed by atoms with van der Waals surface area (Å²) in [5.41, 5.74) is 2.62. The number of likely N-dealkylation sites (N-methyl/N-ethyl adjacent to an activating group) is 1. The van der Waals surface area contributed by atoms with Crippen molar-refractivity contribution in [2.45, 2.75) is 31.8 Å². The highest BCUT2D eigenvalue weighted by Crippen LogP contribution is 2.27. The van der Waals surface area contributed by atoms with Gasteiger partial charge < -0.3 is 15.5 Å². The third kappa shape index (κ3) is 5.54. The van der Waals surface area contributed by atoms with Crippen LogP contribution in [0.15, 0.2) is 46.5 Å². The fourth-order valence-electron chi connectivity index (χ4n) is 3.18. The van der Waals surface area contributed by atoms with Gasteiger partial charge in [0.25, 0.3) is 0 Å². The Kier molecular flexibility index (Phi) is 6.88. The van der Waals surface area contributed by atoms with Gasteiger partial charge in [-0.2, -0.15) is 11.3 Å². The molecular weight excluding hydrogens is 374 g/mol. The minimum Gasteiger partial charge on any atom is -0.337 e. The Morgan fingerprint density at radius 3 is 2.70 bits per heavy atom. The summed E-state index contributed by atoms with van der Waals surface area (Å²) in [7, 11) is 4.13. The summed E-state index contributed by atoms with van der Waals surface area (Å²) in [4.78, 5) is 14.5. The van der Waals surface area contributed by atoms with E-state index in [2.05, 4.69) is 76.1 Å². The number of nitrogens with one attached hydrogen (secondary N) is 2. The zero-order chi connectivity index (χ0) is 19.2. The van der Waals surface area contributed by atoms with E-state index in [9.17, 15) is 4.79 Å². The van der Waals surface area contributed by atoms with Crippen LogP contribution in [0.2, 0.25) is 0 Å². The van der Waals surface area contributed by atoms with E-state index in [0.29, 0.717) is 6.54 Å². The summed E-state index contributed by atoms with van der Waals surface area (Å²) in [5.74, 6) is 0. The maximum atomic E-state index is 12.3. The van der Waals surface area contributed by atoms with Gasteiger partial charge in [0, 0.05) is 23.3 Å². The Hall–Kier alpha value is -1.89. The topological polar surface area (TPSA) is 44.4 Å². The molecule has 2 N–H and O–H groups in total. The first kappa shape index (κ1) is 19.9. The van der Waals surface area contributed by atoms with E-state index < -0.39 is 0 Å². The molecule has 0 aliphatic heterocycles. The van der Waals surface area contributed by atoms with Crippen molar-refractivity contribution < 1.29 is 4.79 Å². The van der Waals surface area contributed by atoms with Crippen molar-refractivity contribution in [1.82, 2.24) is 15.5 Å². The first-order chi connectivity index (χ1) is 13.0. The second-order valence-electron chi connectivity index (χ2n) is 7.17. The van der Waals surface area contributed by atoms with Gasteiger partial charge in [-0.3, -0.25) is 0 Å². The minimum atomic E-state index is -0.0974. The molecule has 0 bridgehead atoms. The lowest BCUT2D eigenvalue weighted by atomic mass is 10.0. The van der Waals surface area contributed by atoms with Crippen molar-refractivity contribution in [1.29, 1.82) is 0 Å². The van der Waals surface area contributed by atoms with Gasteiger partial charge in [-0.05, 0) is 78.6 Å². The summed E-state index contributed by atoms with van der Waals surface area (Å²) >= 11 is 3.47. The van der Waals surface area contributed by atoms with Crippen LogP contribution in [0, 0.1) is 0 Å². The first-order valence-corrected chi connectivity index (χ1v) is 11.0. The highest BCUT2D eigenvalue weighted by molar-refractivity contribution is 7.17. The minimum absolute atomic E-state index is 0.0974. The molecule has 4 nitrogen and oxygen atoms in total. The molecule has 0 unspecified atom stereocenters. The first-order valence-electron chi connectivity index (χ1n) is 9.20. The maximum absolute atomic E-state index is 12.3. The molecule has 27 heavy (non-hydrogen) atoms. The van der Waals surface area contributed by atoms with Crippen LogP contribution in [0.5, 0.6) is 0 Å². The summed E-state index contributed by atoms with van der Waals surface area (Å²) in [6.45, 7) is 2.66. The van der Waals surface area contributed by atoms with Crippen LogP contribution in [-0.4, -0.2) is 43.7 Å². The van der Waals surface area contributed by atoms with Crippen LogP contribution in [0.1, 0.15) is 18.1 Å². The molecule has 2 amide bonds. The number of carbonyl (C=O) groups is 1. The quantitative estimate of drug-likeness (QED) is 0.589. The largest absolute Gasteiger partial charge is 0.337 e. The smallest absolute Gasteiger partial charge is 0.315 e. The zero-order valence-corrected chi connectivity index (χ0v) is 17.7. The monoisotopic (exact) mass is 401 g/mol. The second kappa shape index (κ2) is 9.35. The van der Waals surface area contributed by atoms with Gasteiger partial charge in [-0.25, -0.2) is 4.79 Å². The maximum Gasteiger partial charge on any atom is 0.315 e. The van der Waals surface area contributed by atoms with E-state index in [1.54, 1.807) is 22.7 Å². The molecule has 3 aromatic rings. The van der Waals surface area contributed by atoms with Crippen molar-refractivity contribution >= 4 is 38.8 Å². The van der Waals surface area contributed by atoms with Crippen LogP contribution in [0.3, 0.4) is 0 Å². The number of fused-ring (bicyclic) bond motifs is 1. The number of rotatable bonds is 8. The predicted molar refractivity (Wildman–Crippen MR) is 117 cm³/mol. The van der Waals surface area contributed by atoms with E-state index >= 15 is 0 Å². The molecule has 0 fully saturated rings. The van der Waals surface area contributed by atoms with Crippen LogP contribution in [0.25, 0.3) is 10.1 Å². The van der Waals surface area contributed by atoms with Crippen LogP contribution < -0.4 is 10.6 Å². The van der Waals surface area contributed by atoms with Gasteiger partial charge in [0.15, 0.2) is 0 Å². The third-order valence-corrected chi connectivity index (χ3v) is 6.49. The summed E-state index contributed by atoms with van der Waals surface area (Å²) < 4.78 is 1.32. The number of amides is 2. The standard InChI is InChI=1S/C21H27N3OS2/c1-15(10-16-8-9-26-13-16)23-21(25)22-12-18(24(2)3)11-17-14-27-20-7-5-4-6-19(17)20/h4-9,13-15,18H,10-12H2,1-3H3,(H2,22,23,25)/t15-,18-/m0/s1. The van der Waals surface area contributed by atoms with Gasteiger partial charge >= 0.3 is 6.03 Å². The van der Waals surface area contributed by atoms with Gasteiger partial charge in [-0.15, -0.1) is 11.3 Å². The molecule has 0 spiro atoms. The van der Waals surface area contributed by atoms with Crippen molar-refractivity contribution in [3.05, 3.63) is 57.6 Å². The molecular formula is C21H27N3OS2. The molecule has 1 aromatic carbocycles. The van der Waals surface area contributed by atoms with Crippen molar-refractivity contribution in [3.8, 4) is 0 Å². The van der Waals surface area contributed by atoms with Gasteiger partial charge in [0.1, 0.15) is 0 Å². The van der Waals surface area contributed by atoms with Crippen molar-refractivity contribution in [3.63, 3.8) is 0 Å². The Morgan fingerprint density at radius 1 is 1.15 bits per heavy atom. The molecule has 0 saturated carbocycles. The van der Waals surface area contributed by atoms with Gasteiger partial charge in [0.05, 0.1) is 0 Å². The van der Waals surface area contributed by atoms with E-state index in [1.807, 2.05) is 6.92 Å². The number of hydrogen-bond donors (Lipinski definition) is 2. The second-order valence-corrected chi connectivity index (χ2v) is 8.86. The molecule has 2 heterocycles. The summed E-state index contributed by atoms with van der Waals surface area (Å²) in [5, 5.41) is 13.8. The highest BCUT2D eigenvalue weighted by atomic mass is 32.1. The SMILES string of the molecule is C[C@@H](Cc1ccsc1)NC(=O)NC[C@H](Cc1csc2ccccc12)N(C)C. The Bertz CT molecular complexity index is 857. The van der Waals surface area contributed by atoms with Crippen molar-refractivity contribution in [2.75, 3.05) is 20.6 Å². The van der Waals surface area contributed by atoms with Crippen molar-refractivity contribution in [2.24, 2.45) is 0 Å². The Labute approximate surface area is 169 Å². The number of hydrogen-bond acceptors (Lipinski definition) is 4. The molecule has 3 rings (SSSR count). The zero-order valence-electron chi connectivity index (χ0n) is 16.1. The number of benzene rings is 1.